The topological polar surface area (TPSA) is 118 Å². The van der Waals surface area contributed by atoms with Gasteiger partial charge in [-0.15, -0.1) is 5.10 Å². The van der Waals surface area contributed by atoms with Gasteiger partial charge in [0.05, 0.1) is 12.6 Å². The van der Waals surface area contributed by atoms with Gasteiger partial charge in [-0.2, -0.15) is 10.1 Å². The molecule has 1 aliphatic carbocycles. The number of rotatable bonds is 5. The summed E-state index contributed by atoms with van der Waals surface area (Å²) in [7, 11) is 1.58. The van der Waals surface area contributed by atoms with Gasteiger partial charge in [0.1, 0.15) is 5.52 Å². The van der Waals surface area contributed by atoms with E-state index in [1.807, 2.05) is 42.0 Å². The van der Waals surface area contributed by atoms with Gasteiger partial charge in [0.25, 0.3) is 0 Å². The molecule has 3 N–H and O–H groups in total. The van der Waals surface area contributed by atoms with Crippen molar-refractivity contribution in [2.45, 2.75) is 31.3 Å². The molecule has 4 heterocycles. The van der Waals surface area contributed by atoms with Crippen LogP contribution in [0.5, 0.6) is 5.88 Å². The lowest BCUT2D eigenvalue weighted by Gasteiger charge is -2.45. The fraction of sp³-hybridized carbons (Fsp3) is 0.300. The van der Waals surface area contributed by atoms with Crippen molar-refractivity contribution >= 4 is 23.1 Å². The van der Waals surface area contributed by atoms with Crippen LogP contribution < -0.4 is 15.4 Å². The molecule has 10 nitrogen and oxygen atoms in total. The van der Waals surface area contributed by atoms with E-state index in [0.717, 1.165) is 22.2 Å². The van der Waals surface area contributed by atoms with E-state index in [4.69, 9.17) is 9.84 Å². The van der Waals surface area contributed by atoms with Crippen molar-refractivity contribution in [3.63, 3.8) is 0 Å². The number of aromatic nitrogens is 5. The molecule has 30 heavy (non-hydrogen) atoms. The highest BCUT2D eigenvalue weighted by atomic mass is 16.5. The number of pyridine rings is 1. The molecule has 4 aromatic heterocycles. The molecule has 0 spiro atoms. The van der Waals surface area contributed by atoms with Crippen molar-refractivity contribution in [3.05, 3.63) is 42.9 Å². The van der Waals surface area contributed by atoms with Crippen LogP contribution in [-0.4, -0.2) is 54.1 Å². The van der Waals surface area contributed by atoms with Gasteiger partial charge < -0.3 is 20.5 Å². The smallest absolute Gasteiger partial charge is 0.405 e. The first-order chi connectivity index (χ1) is 14.4. The Hall–Kier alpha value is -3.82. The number of carbonyl (C=O) groups is 1. The number of fused-ring (bicyclic) bond motifs is 2. The first kappa shape index (κ1) is 18.2. The van der Waals surface area contributed by atoms with E-state index in [2.05, 4.69) is 31.9 Å². The summed E-state index contributed by atoms with van der Waals surface area (Å²) in [5.41, 5.74) is 3.32. The maximum absolute atomic E-state index is 10.9. The summed E-state index contributed by atoms with van der Waals surface area (Å²) < 4.78 is 9.12. The molecule has 0 aliphatic heterocycles. The molecule has 10 heteroatoms. The highest BCUT2D eigenvalue weighted by Crippen LogP contribution is 2.35. The average molecular weight is 407 g/mol. The normalized spacial score (nSPS) is 20.8. The summed E-state index contributed by atoms with van der Waals surface area (Å²) in [5, 5.41) is 23.6. The number of hydrogen-bond acceptors (Lipinski definition) is 6. The van der Waals surface area contributed by atoms with Crippen molar-refractivity contribution in [3.8, 4) is 17.0 Å². The maximum atomic E-state index is 10.9. The van der Waals surface area contributed by atoms with Crippen LogP contribution >= 0.6 is 0 Å². The van der Waals surface area contributed by atoms with E-state index in [1.165, 1.54) is 0 Å². The number of nitrogens with one attached hydrogen (secondary N) is 2. The summed E-state index contributed by atoms with van der Waals surface area (Å²) in [4.78, 5) is 15.4. The Kier molecular flexibility index (Phi) is 4.02. The van der Waals surface area contributed by atoms with Gasteiger partial charge in [-0.25, -0.2) is 13.8 Å². The Bertz CT molecular complexity index is 1260. The number of hydrogen-bond donors (Lipinski definition) is 3. The second-order valence-electron chi connectivity index (χ2n) is 7.82. The van der Waals surface area contributed by atoms with Crippen LogP contribution in [0.4, 0.5) is 10.7 Å². The minimum Gasteiger partial charge on any atom is -0.479 e. The van der Waals surface area contributed by atoms with Crippen molar-refractivity contribution in [1.29, 1.82) is 0 Å². The number of anilines is 1. The summed E-state index contributed by atoms with van der Waals surface area (Å²) >= 11 is 0. The molecule has 0 radical (unpaired) electrons. The lowest BCUT2D eigenvalue weighted by Crippen LogP contribution is -2.59. The first-order valence-corrected chi connectivity index (χ1v) is 9.59. The van der Waals surface area contributed by atoms with Gasteiger partial charge in [0.15, 0.2) is 0 Å². The van der Waals surface area contributed by atoms with E-state index in [1.54, 1.807) is 17.8 Å². The number of methoxy groups -OCH3 is 1. The standard InChI is InChI=1S/C20H21N7O3/c1-20(24-19(28)29)10-13(11-20)22-18-23-17(30-2)16-15(5-8-27(16)25-18)12-4-7-26-14(9-12)3-6-21-26/h3-9,13,24H,10-11H2,1-2H3,(H,22,25)(H,28,29). The molecule has 4 aromatic rings. The van der Waals surface area contributed by atoms with Gasteiger partial charge >= 0.3 is 6.09 Å². The summed E-state index contributed by atoms with van der Waals surface area (Å²) in [6, 6.07) is 8.06. The molecule has 0 atom stereocenters. The Morgan fingerprint density at radius 1 is 1.27 bits per heavy atom. The molecule has 0 unspecified atom stereocenters. The predicted octanol–water partition coefficient (Wildman–Crippen LogP) is 2.65. The van der Waals surface area contributed by atoms with Crippen LogP contribution in [0.25, 0.3) is 22.2 Å². The summed E-state index contributed by atoms with van der Waals surface area (Å²) in [6.45, 7) is 1.89. The van der Waals surface area contributed by atoms with Crippen molar-refractivity contribution in [2.75, 3.05) is 12.4 Å². The second-order valence-corrected chi connectivity index (χ2v) is 7.82. The first-order valence-electron chi connectivity index (χ1n) is 9.59. The van der Waals surface area contributed by atoms with E-state index < -0.39 is 11.6 Å². The third kappa shape index (κ3) is 3.06. The zero-order chi connectivity index (χ0) is 20.9. The van der Waals surface area contributed by atoms with Crippen LogP contribution in [-0.2, 0) is 0 Å². The SMILES string of the molecule is COc1nc(NC2CC(C)(NC(=O)O)C2)nn2ccc(-c3ccn4nccc4c3)c12. The van der Waals surface area contributed by atoms with Crippen LogP contribution in [0, 0.1) is 0 Å². The van der Waals surface area contributed by atoms with E-state index in [9.17, 15) is 4.79 Å². The van der Waals surface area contributed by atoms with Gasteiger partial charge in [-0.3, -0.25) is 0 Å². The third-order valence-corrected chi connectivity index (χ3v) is 5.52. The maximum Gasteiger partial charge on any atom is 0.405 e. The zero-order valence-electron chi connectivity index (χ0n) is 16.5. The van der Waals surface area contributed by atoms with Gasteiger partial charge in [0.2, 0.25) is 11.8 Å². The summed E-state index contributed by atoms with van der Waals surface area (Å²) in [6.07, 6.45) is 5.85. The van der Waals surface area contributed by atoms with Gasteiger partial charge in [-0.1, -0.05) is 0 Å². The monoisotopic (exact) mass is 407 g/mol. The van der Waals surface area contributed by atoms with Gasteiger partial charge in [-0.05, 0) is 49.6 Å². The lowest BCUT2D eigenvalue weighted by atomic mass is 9.74. The van der Waals surface area contributed by atoms with Gasteiger partial charge in [0, 0.05) is 35.7 Å². The number of ether oxygens (including phenoxy) is 1. The average Bonchev–Trinajstić information content (AvgIpc) is 3.31. The number of carboxylic acid groups (broad SMARTS) is 1. The molecule has 5 rings (SSSR count). The van der Waals surface area contributed by atoms with Crippen LogP contribution in [0.1, 0.15) is 19.8 Å². The van der Waals surface area contributed by atoms with Crippen molar-refractivity contribution in [2.24, 2.45) is 0 Å². The molecule has 1 aliphatic rings. The van der Waals surface area contributed by atoms with Crippen molar-refractivity contribution < 1.29 is 14.6 Å². The fourth-order valence-corrected chi connectivity index (χ4v) is 4.19. The number of nitrogens with zero attached hydrogens (tertiary/aromatic N) is 5. The Morgan fingerprint density at radius 2 is 2.07 bits per heavy atom. The molecule has 0 saturated heterocycles. The Balaban J connectivity index is 1.44. The Labute approximate surface area is 171 Å². The minimum absolute atomic E-state index is 0.0864. The third-order valence-electron chi connectivity index (χ3n) is 5.52. The molecule has 1 saturated carbocycles. The zero-order valence-corrected chi connectivity index (χ0v) is 16.5. The van der Waals surface area contributed by atoms with E-state index >= 15 is 0 Å². The largest absolute Gasteiger partial charge is 0.479 e. The highest BCUT2D eigenvalue weighted by Gasteiger charge is 2.42. The molecule has 1 amide bonds. The minimum atomic E-state index is -1.01. The highest BCUT2D eigenvalue weighted by molar-refractivity contribution is 5.85. The van der Waals surface area contributed by atoms with Crippen LogP contribution in [0.2, 0.25) is 0 Å². The second kappa shape index (κ2) is 6.61. The summed E-state index contributed by atoms with van der Waals surface area (Å²) in [5.74, 6) is 0.904. The molecule has 0 aromatic carbocycles. The molecule has 0 bridgehead atoms. The van der Waals surface area contributed by atoms with Crippen molar-refractivity contribution in [1.82, 2.24) is 29.5 Å². The van der Waals surface area contributed by atoms with Crippen LogP contribution in [0.3, 0.4) is 0 Å². The van der Waals surface area contributed by atoms with Crippen LogP contribution in [0.15, 0.2) is 42.9 Å². The fourth-order valence-electron chi connectivity index (χ4n) is 4.19. The number of amides is 1. The van der Waals surface area contributed by atoms with E-state index in [0.29, 0.717) is 24.7 Å². The van der Waals surface area contributed by atoms with E-state index in [-0.39, 0.29) is 6.04 Å². The lowest BCUT2D eigenvalue weighted by molar-refractivity contribution is 0.147. The molecular formula is C20H21N7O3. The molecule has 154 valence electrons. The quantitative estimate of drug-likeness (QED) is 0.465. The predicted molar refractivity (Wildman–Crippen MR) is 110 cm³/mol. The molecular weight excluding hydrogens is 386 g/mol. The molecule has 1 fully saturated rings. The Morgan fingerprint density at radius 3 is 2.83 bits per heavy atom.